The normalized spacial score (nSPS) is 17.8. The van der Waals surface area contributed by atoms with Gasteiger partial charge in [-0.1, -0.05) is 91.8 Å². The van der Waals surface area contributed by atoms with Crippen molar-refractivity contribution in [3.05, 3.63) is 12.7 Å². The molecule has 21 heavy (non-hydrogen) atoms. The van der Waals surface area contributed by atoms with E-state index in [1.54, 1.807) is 0 Å². The zero-order valence-electron chi connectivity index (χ0n) is 17.1. The van der Waals surface area contributed by atoms with Crippen LogP contribution in [-0.2, 0) is 0 Å². The van der Waals surface area contributed by atoms with Crippen molar-refractivity contribution in [3.63, 3.8) is 0 Å². The Balaban J connectivity index is 6.39. The summed E-state index contributed by atoms with van der Waals surface area (Å²) >= 11 is 0. The smallest absolute Gasteiger partial charge is 0.0382 e. The van der Waals surface area contributed by atoms with E-state index in [4.69, 9.17) is 0 Å². The van der Waals surface area contributed by atoms with Crippen molar-refractivity contribution >= 4 is 29.4 Å². The molecule has 0 bridgehead atoms. The molecule has 0 aromatic heterocycles. The zero-order chi connectivity index (χ0) is 17.5. The molecule has 0 saturated heterocycles. The molecule has 0 aromatic rings. The van der Waals surface area contributed by atoms with Gasteiger partial charge in [0.2, 0.25) is 0 Å². The standard InChI is InChI=1S/C17H42Si4/c1-14-17(4,16(2)3)15-21(18(5,6)7,19(8,9)10)20(11,12)13/h14,16H,1,15H2,2-13H3. The lowest BCUT2D eigenvalue weighted by Crippen LogP contribution is -2.83. The van der Waals surface area contributed by atoms with Crippen LogP contribution in [0, 0.1) is 11.3 Å². The van der Waals surface area contributed by atoms with Crippen molar-refractivity contribution in [1.82, 2.24) is 0 Å². The van der Waals surface area contributed by atoms with Crippen LogP contribution in [0.25, 0.3) is 0 Å². The Bertz CT molecular complexity index is 330. The van der Waals surface area contributed by atoms with Crippen molar-refractivity contribution in [2.24, 2.45) is 11.3 Å². The lowest BCUT2D eigenvalue weighted by atomic mass is 9.81. The van der Waals surface area contributed by atoms with Crippen LogP contribution >= 0.6 is 0 Å². The van der Waals surface area contributed by atoms with Gasteiger partial charge in [-0.2, -0.15) is 0 Å². The van der Waals surface area contributed by atoms with Crippen LogP contribution in [0.1, 0.15) is 20.8 Å². The molecule has 0 nitrogen and oxygen atoms in total. The molecule has 0 N–H and O–H groups in total. The van der Waals surface area contributed by atoms with Gasteiger partial charge in [0.15, 0.2) is 0 Å². The van der Waals surface area contributed by atoms with Gasteiger partial charge in [-0.25, -0.2) is 0 Å². The van der Waals surface area contributed by atoms with Crippen molar-refractivity contribution in [2.45, 2.75) is 85.7 Å². The number of allylic oxidation sites excluding steroid dienone is 1. The Labute approximate surface area is 139 Å². The molecule has 0 heterocycles. The second-order valence-corrected chi connectivity index (χ2v) is 52.0. The van der Waals surface area contributed by atoms with E-state index in [0.29, 0.717) is 11.3 Å². The maximum Gasteiger partial charge on any atom is 0.0382 e. The van der Waals surface area contributed by atoms with Crippen LogP contribution in [0.5, 0.6) is 0 Å². The first-order valence-electron chi connectivity index (χ1n) is 8.60. The predicted molar refractivity (Wildman–Crippen MR) is 114 cm³/mol. The summed E-state index contributed by atoms with van der Waals surface area (Å²) in [5.41, 5.74) is 0.326. The van der Waals surface area contributed by atoms with E-state index in [0.717, 1.165) is 0 Å². The lowest BCUT2D eigenvalue weighted by molar-refractivity contribution is 0.332. The summed E-state index contributed by atoms with van der Waals surface area (Å²) in [4.78, 5) is 0. The summed E-state index contributed by atoms with van der Waals surface area (Å²) < 4.78 is 0. The van der Waals surface area contributed by atoms with E-state index in [9.17, 15) is 0 Å². The fourth-order valence-corrected chi connectivity index (χ4v) is 104. The minimum atomic E-state index is -1.27. The quantitative estimate of drug-likeness (QED) is 0.358. The van der Waals surface area contributed by atoms with Gasteiger partial charge in [0.05, 0.1) is 0 Å². The Morgan fingerprint density at radius 2 is 1.10 bits per heavy atom. The fraction of sp³-hybridized carbons (Fsp3) is 0.882. The minimum Gasteiger partial charge on any atom is -0.103 e. The summed E-state index contributed by atoms with van der Waals surface area (Å²) in [6.07, 6.45) is 2.31. The van der Waals surface area contributed by atoms with Gasteiger partial charge in [-0.05, 0) is 11.3 Å². The number of hydrogen-bond donors (Lipinski definition) is 0. The van der Waals surface area contributed by atoms with Crippen LogP contribution in [0.3, 0.4) is 0 Å². The highest BCUT2D eigenvalue weighted by atomic mass is 29.9. The highest BCUT2D eigenvalue weighted by Crippen LogP contribution is 2.48. The first-order chi connectivity index (χ1) is 8.96. The second kappa shape index (κ2) is 6.25. The highest BCUT2D eigenvalue weighted by Gasteiger charge is 2.62. The SMILES string of the molecule is C=CC(C)(C[Si]([Si](C)(C)C)([Si](C)(C)C)[Si](C)(C)C)C(C)C. The Kier molecular flexibility index (Phi) is 6.43. The first-order valence-corrected chi connectivity index (χ1v) is 24.3. The molecule has 0 aliphatic heterocycles. The molecule has 4 heteroatoms. The third-order valence-corrected chi connectivity index (χ3v) is 80.4. The van der Waals surface area contributed by atoms with E-state index >= 15 is 0 Å². The summed E-state index contributed by atoms with van der Waals surface area (Å²) in [5.74, 6) is 0.700. The van der Waals surface area contributed by atoms with Crippen LogP contribution in [0.15, 0.2) is 12.7 Å². The zero-order valence-corrected chi connectivity index (χ0v) is 21.1. The van der Waals surface area contributed by atoms with Gasteiger partial charge >= 0.3 is 0 Å². The maximum atomic E-state index is 4.25. The monoisotopic (exact) mass is 358 g/mol. The molecule has 1 atom stereocenters. The van der Waals surface area contributed by atoms with Gasteiger partial charge in [0.25, 0.3) is 0 Å². The van der Waals surface area contributed by atoms with Crippen LogP contribution in [-0.4, -0.2) is 29.4 Å². The van der Waals surface area contributed by atoms with Crippen molar-refractivity contribution < 1.29 is 0 Å². The summed E-state index contributed by atoms with van der Waals surface area (Å²) in [6, 6.07) is 1.50. The van der Waals surface area contributed by atoms with Crippen LogP contribution in [0.4, 0.5) is 0 Å². The number of hydrogen-bond acceptors (Lipinski definition) is 0. The summed E-state index contributed by atoms with van der Waals surface area (Å²) in [6.45, 7) is 34.5. The van der Waals surface area contributed by atoms with E-state index in [1.807, 2.05) is 0 Å². The van der Waals surface area contributed by atoms with Gasteiger partial charge in [-0.15, -0.1) is 6.58 Å². The minimum absolute atomic E-state index is 0.326. The van der Waals surface area contributed by atoms with Crippen molar-refractivity contribution in [1.29, 1.82) is 0 Å². The van der Waals surface area contributed by atoms with Gasteiger partial charge in [0.1, 0.15) is 0 Å². The Morgan fingerprint density at radius 1 is 0.810 bits per heavy atom. The van der Waals surface area contributed by atoms with Crippen LogP contribution < -0.4 is 0 Å². The van der Waals surface area contributed by atoms with E-state index in [2.05, 4.69) is 92.3 Å². The lowest BCUT2D eigenvalue weighted by Gasteiger charge is -2.60. The highest BCUT2D eigenvalue weighted by molar-refractivity contribution is 7.89. The third-order valence-electron chi connectivity index (χ3n) is 6.27. The van der Waals surface area contributed by atoms with Crippen molar-refractivity contribution in [3.8, 4) is 0 Å². The molecular formula is C17H42Si4. The molecule has 0 radical (unpaired) electrons. The maximum absolute atomic E-state index is 4.25. The summed E-state index contributed by atoms with van der Waals surface area (Å²) in [5, 5.41) is 0. The molecule has 0 fully saturated rings. The average molecular weight is 359 g/mol. The molecule has 0 aliphatic carbocycles. The third kappa shape index (κ3) is 3.93. The van der Waals surface area contributed by atoms with Crippen LogP contribution in [0.2, 0.25) is 65.0 Å². The van der Waals surface area contributed by atoms with E-state index in [-0.39, 0.29) is 0 Å². The van der Waals surface area contributed by atoms with Gasteiger partial charge in [-0.3, -0.25) is 0 Å². The second-order valence-electron chi connectivity index (χ2n) is 10.7. The molecule has 0 rings (SSSR count). The van der Waals surface area contributed by atoms with Gasteiger partial charge in [0, 0.05) is 29.4 Å². The topological polar surface area (TPSA) is 0 Å². The fourth-order valence-electron chi connectivity index (χ4n) is 5.25. The van der Waals surface area contributed by atoms with E-state index in [1.165, 1.54) is 6.04 Å². The molecule has 0 aliphatic rings. The molecule has 0 saturated carbocycles. The van der Waals surface area contributed by atoms with E-state index < -0.39 is 29.4 Å². The Morgan fingerprint density at radius 3 is 1.24 bits per heavy atom. The molecule has 126 valence electrons. The largest absolute Gasteiger partial charge is 0.103 e. The average Bonchev–Trinajstić information content (AvgIpc) is 2.19. The molecular weight excluding hydrogens is 317 g/mol. The molecule has 0 amide bonds. The van der Waals surface area contributed by atoms with Gasteiger partial charge < -0.3 is 0 Å². The number of rotatable bonds is 7. The molecule has 1 unspecified atom stereocenters. The molecule has 0 aromatic carbocycles. The van der Waals surface area contributed by atoms with Crippen molar-refractivity contribution in [2.75, 3.05) is 0 Å². The first kappa shape index (κ1) is 21.6. The summed E-state index contributed by atoms with van der Waals surface area (Å²) in [7, 11) is -3.50. The molecule has 0 spiro atoms. The predicted octanol–water partition coefficient (Wildman–Crippen LogP) is 6.53. The Hall–Kier alpha value is 0.608.